The second-order valence-electron chi connectivity index (χ2n) is 3.28. The van der Waals surface area contributed by atoms with E-state index in [1.165, 1.54) is 5.69 Å². The van der Waals surface area contributed by atoms with Crippen molar-refractivity contribution in [2.75, 3.05) is 0 Å². The monoisotopic (exact) mass is 190 g/mol. The molecule has 4 heteroatoms. The van der Waals surface area contributed by atoms with Crippen LogP contribution in [-0.4, -0.2) is 19.3 Å². The Balaban J connectivity index is 2.12. The Kier molecular flexibility index (Phi) is 2.62. The zero-order chi connectivity index (χ0) is 9.80. The number of nitrogens with zero attached hydrogens (tertiary/aromatic N) is 4. The smallest absolute Gasteiger partial charge is 0.0948 e. The molecule has 4 nitrogen and oxygen atoms in total. The summed E-state index contributed by atoms with van der Waals surface area (Å²) in [6.45, 7) is 3.99. The van der Waals surface area contributed by atoms with E-state index in [-0.39, 0.29) is 0 Å². The van der Waals surface area contributed by atoms with E-state index < -0.39 is 0 Å². The molecule has 2 rings (SSSR count). The van der Waals surface area contributed by atoms with Crippen molar-refractivity contribution in [2.45, 2.75) is 26.4 Å². The van der Waals surface area contributed by atoms with Crippen LogP contribution >= 0.6 is 0 Å². The molecule has 0 spiro atoms. The molecule has 2 aromatic heterocycles. The highest BCUT2D eigenvalue weighted by Crippen LogP contribution is 2.02. The zero-order valence-corrected chi connectivity index (χ0v) is 8.30. The van der Waals surface area contributed by atoms with E-state index in [1.807, 2.05) is 29.5 Å². The second-order valence-corrected chi connectivity index (χ2v) is 3.28. The SMILES string of the molecule is CCCn1cncc1Cn1cccn1. The lowest BCUT2D eigenvalue weighted by Gasteiger charge is -2.06. The third-order valence-electron chi connectivity index (χ3n) is 2.15. The van der Waals surface area contributed by atoms with Crippen LogP contribution in [0.1, 0.15) is 19.0 Å². The van der Waals surface area contributed by atoms with E-state index >= 15 is 0 Å². The van der Waals surface area contributed by atoms with Gasteiger partial charge < -0.3 is 4.57 Å². The molecule has 74 valence electrons. The Hall–Kier alpha value is -1.58. The summed E-state index contributed by atoms with van der Waals surface area (Å²) in [5, 5.41) is 4.17. The van der Waals surface area contributed by atoms with Gasteiger partial charge >= 0.3 is 0 Å². The van der Waals surface area contributed by atoms with Crippen molar-refractivity contribution in [1.82, 2.24) is 19.3 Å². The molecule has 0 aromatic carbocycles. The summed E-state index contributed by atoms with van der Waals surface area (Å²) in [7, 11) is 0. The Morgan fingerprint density at radius 2 is 2.36 bits per heavy atom. The molecule has 0 bridgehead atoms. The van der Waals surface area contributed by atoms with Gasteiger partial charge in [-0.3, -0.25) is 4.68 Å². The van der Waals surface area contributed by atoms with Gasteiger partial charge in [-0.1, -0.05) is 6.92 Å². The minimum atomic E-state index is 0.799. The lowest BCUT2D eigenvalue weighted by Crippen LogP contribution is -2.07. The first-order chi connectivity index (χ1) is 6.90. The van der Waals surface area contributed by atoms with Crippen molar-refractivity contribution in [2.24, 2.45) is 0 Å². The van der Waals surface area contributed by atoms with Gasteiger partial charge in [0, 0.05) is 18.9 Å². The molecule has 0 saturated carbocycles. The van der Waals surface area contributed by atoms with Crippen molar-refractivity contribution in [1.29, 1.82) is 0 Å². The molecule has 0 aliphatic rings. The van der Waals surface area contributed by atoms with Crippen LogP contribution in [-0.2, 0) is 13.1 Å². The quantitative estimate of drug-likeness (QED) is 0.733. The van der Waals surface area contributed by atoms with E-state index in [2.05, 4.69) is 21.6 Å². The Bertz CT molecular complexity index is 374. The zero-order valence-electron chi connectivity index (χ0n) is 8.30. The van der Waals surface area contributed by atoms with Crippen LogP contribution in [0.2, 0.25) is 0 Å². The predicted octanol–water partition coefficient (Wildman–Crippen LogP) is 1.54. The summed E-state index contributed by atoms with van der Waals surface area (Å²) < 4.78 is 4.07. The van der Waals surface area contributed by atoms with Crippen LogP contribution < -0.4 is 0 Å². The predicted molar refractivity (Wildman–Crippen MR) is 53.8 cm³/mol. The number of rotatable bonds is 4. The Morgan fingerprint density at radius 1 is 1.43 bits per heavy atom. The second kappa shape index (κ2) is 4.09. The average molecular weight is 190 g/mol. The van der Waals surface area contributed by atoms with Crippen molar-refractivity contribution >= 4 is 0 Å². The fourth-order valence-electron chi connectivity index (χ4n) is 1.48. The third kappa shape index (κ3) is 1.84. The maximum absolute atomic E-state index is 4.17. The minimum Gasteiger partial charge on any atom is -0.333 e. The van der Waals surface area contributed by atoms with E-state index in [1.54, 1.807) is 6.20 Å². The topological polar surface area (TPSA) is 35.6 Å². The standard InChI is InChI=1S/C10H14N4/c1-2-5-13-9-11-7-10(13)8-14-6-3-4-12-14/h3-4,6-7,9H,2,5,8H2,1H3. The molecular weight excluding hydrogens is 176 g/mol. The Labute approximate surface area is 83.2 Å². The van der Waals surface area contributed by atoms with Gasteiger partial charge in [-0.05, 0) is 12.5 Å². The summed E-state index contributed by atoms with van der Waals surface area (Å²) in [4.78, 5) is 4.14. The molecule has 14 heavy (non-hydrogen) atoms. The fourth-order valence-corrected chi connectivity index (χ4v) is 1.48. The van der Waals surface area contributed by atoms with Gasteiger partial charge in [0.05, 0.1) is 24.8 Å². The maximum Gasteiger partial charge on any atom is 0.0948 e. The van der Waals surface area contributed by atoms with Gasteiger partial charge in [0.15, 0.2) is 0 Å². The van der Waals surface area contributed by atoms with Gasteiger partial charge in [0.25, 0.3) is 0 Å². The highest BCUT2D eigenvalue weighted by atomic mass is 15.3. The van der Waals surface area contributed by atoms with Crippen LogP contribution in [0.5, 0.6) is 0 Å². The van der Waals surface area contributed by atoms with Crippen LogP contribution in [0.4, 0.5) is 0 Å². The van der Waals surface area contributed by atoms with Gasteiger partial charge in [-0.2, -0.15) is 5.10 Å². The van der Waals surface area contributed by atoms with E-state index in [4.69, 9.17) is 0 Å². The third-order valence-corrected chi connectivity index (χ3v) is 2.15. The molecular formula is C10H14N4. The van der Waals surface area contributed by atoms with Crippen LogP contribution in [0, 0.1) is 0 Å². The van der Waals surface area contributed by atoms with Crippen LogP contribution in [0.15, 0.2) is 31.0 Å². The number of imidazole rings is 1. The van der Waals surface area contributed by atoms with E-state index in [0.717, 1.165) is 19.5 Å². The lowest BCUT2D eigenvalue weighted by atomic mass is 10.4. The molecule has 0 saturated heterocycles. The molecule has 0 fully saturated rings. The molecule has 0 radical (unpaired) electrons. The molecule has 0 aliphatic heterocycles. The van der Waals surface area contributed by atoms with Crippen molar-refractivity contribution in [3.8, 4) is 0 Å². The van der Waals surface area contributed by atoms with Gasteiger partial charge in [0.1, 0.15) is 0 Å². The summed E-state index contributed by atoms with van der Waals surface area (Å²) in [6.07, 6.45) is 8.66. The number of aryl methyl sites for hydroxylation is 1. The maximum atomic E-state index is 4.17. The summed E-state index contributed by atoms with van der Waals surface area (Å²) in [5.74, 6) is 0. The molecule has 0 N–H and O–H groups in total. The first kappa shape index (κ1) is 8.99. The molecule has 0 aliphatic carbocycles. The van der Waals surface area contributed by atoms with Gasteiger partial charge in [0.2, 0.25) is 0 Å². The lowest BCUT2D eigenvalue weighted by molar-refractivity contribution is 0.597. The minimum absolute atomic E-state index is 0.799. The first-order valence-corrected chi connectivity index (χ1v) is 4.86. The summed E-state index contributed by atoms with van der Waals surface area (Å²) in [6, 6.07) is 1.93. The highest BCUT2D eigenvalue weighted by molar-refractivity contribution is 4.99. The van der Waals surface area contributed by atoms with Crippen molar-refractivity contribution in [3.63, 3.8) is 0 Å². The molecule has 0 amide bonds. The van der Waals surface area contributed by atoms with E-state index in [9.17, 15) is 0 Å². The van der Waals surface area contributed by atoms with Crippen LogP contribution in [0.25, 0.3) is 0 Å². The largest absolute Gasteiger partial charge is 0.333 e. The number of hydrogen-bond donors (Lipinski definition) is 0. The molecule has 0 unspecified atom stereocenters. The van der Waals surface area contributed by atoms with Crippen molar-refractivity contribution in [3.05, 3.63) is 36.7 Å². The molecule has 0 atom stereocenters. The molecule has 2 aromatic rings. The average Bonchev–Trinajstić information content (AvgIpc) is 2.80. The first-order valence-electron chi connectivity index (χ1n) is 4.86. The van der Waals surface area contributed by atoms with Crippen LogP contribution in [0.3, 0.4) is 0 Å². The van der Waals surface area contributed by atoms with Gasteiger partial charge in [-0.25, -0.2) is 4.98 Å². The summed E-state index contributed by atoms with van der Waals surface area (Å²) >= 11 is 0. The fraction of sp³-hybridized carbons (Fsp3) is 0.400. The Morgan fingerprint density at radius 3 is 3.07 bits per heavy atom. The number of aromatic nitrogens is 4. The van der Waals surface area contributed by atoms with E-state index in [0.29, 0.717) is 0 Å². The number of hydrogen-bond acceptors (Lipinski definition) is 2. The highest BCUT2D eigenvalue weighted by Gasteiger charge is 2.01. The molecule has 2 heterocycles. The summed E-state index contributed by atoms with van der Waals surface area (Å²) in [5.41, 5.74) is 1.20. The van der Waals surface area contributed by atoms with Gasteiger partial charge in [-0.15, -0.1) is 0 Å². The normalized spacial score (nSPS) is 10.6. The van der Waals surface area contributed by atoms with Crippen molar-refractivity contribution < 1.29 is 0 Å².